The maximum Gasteiger partial charge on any atom is 0.330 e. The van der Waals surface area contributed by atoms with Crippen molar-refractivity contribution in [2.24, 2.45) is 0 Å². The molecule has 0 radical (unpaired) electrons. The summed E-state index contributed by atoms with van der Waals surface area (Å²) >= 11 is 0. The van der Waals surface area contributed by atoms with E-state index in [4.69, 9.17) is 9.47 Å². The van der Waals surface area contributed by atoms with Crippen LogP contribution in [-0.2, 0) is 23.8 Å². The van der Waals surface area contributed by atoms with E-state index in [0.717, 1.165) is 6.08 Å². The summed E-state index contributed by atoms with van der Waals surface area (Å²) < 4.78 is 14.7. The highest BCUT2D eigenvalue weighted by molar-refractivity contribution is 5.81. The Labute approximate surface area is 107 Å². The van der Waals surface area contributed by atoms with Crippen molar-refractivity contribution < 1.29 is 23.8 Å². The summed E-state index contributed by atoms with van der Waals surface area (Å²) in [6.45, 7) is 4.87. The molecular formula is C12H21NO5. The number of carbonyl (C=O) groups is 2. The fourth-order valence-electron chi connectivity index (χ4n) is 0.964. The Balaban J connectivity index is 3.27. The minimum Gasteiger partial charge on any atom is -0.463 e. The summed E-state index contributed by atoms with van der Waals surface area (Å²) in [4.78, 5) is 23.7. The molecule has 0 fully saturated rings. The molecule has 104 valence electrons. The van der Waals surface area contributed by atoms with E-state index in [-0.39, 0.29) is 25.8 Å². The van der Waals surface area contributed by atoms with E-state index in [9.17, 15) is 9.59 Å². The molecule has 0 saturated carbocycles. The Morgan fingerprint density at radius 2 is 1.72 bits per heavy atom. The normalized spacial score (nSPS) is 10.2. The molecule has 0 heterocycles. The fourth-order valence-corrected chi connectivity index (χ4v) is 0.964. The number of nitrogens with zero attached hydrogens (tertiary/aromatic N) is 1. The van der Waals surface area contributed by atoms with E-state index in [2.05, 4.69) is 11.3 Å². The van der Waals surface area contributed by atoms with Crippen molar-refractivity contribution in [3.63, 3.8) is 0 Å². The number of carbonyl (C=O) groups excluding carboxylic acids is 2. The first kappa shape index (κ1) is 16.6. The van der Waals surface area contributed by atoms with Crippen molar-refractivity contribution in [1.82, 2.24) is 4.90 Å². The van der Waals surface area contributed by atoms with Gasteiger partial charge in [-0.15, -0.1) is 0 Å². The van der Waals surface area contributed by atoms with Gasteiger partial charge in [0.05, 0.1) is 19.6 Å². The molecule has 0 saturated heterocycles. The van der Waals surface area contributed by atoms with Crippen LogP contribution in [0.1, 0.15) is 6.42 Å². The van der Waals surface area contributed by atoms with Gasteiger partial charge in [-0.25, -0.2) is 4.79 Å². The molecule has 0 spiro atoms. The Morgan fingerprint density at radius 3 is 2.28 bits per heavy atom. The molecule has 0 aromatic carbocycles. The monoisotopic (exact) mass is 259 g/mol. The molecule has 0 aromatic rings. The molecule has 0 rings (SSSR count). The first-order valence-electron chi connectivity index (χ1n) is 5.73. The summed E-state index contributed by atoms with van der Waals surface area (Å²) in [5.74, 6) is -0.723. The summed E-state index contributed by atoms with van der Waals surface area (Å²) in [6.07, 6.45) is 1.45. The highest BCUT2D eigenvalue weighted by Gasteiger charge is 2.03. The molecule has 0 aliphatic carbocycles. The van der Waals surface area contributed by atoms with E-state index in [0.29, 0.717) is 19.6 Å². The first-order valence-corrected chi connectivity index (χ1v) is 5.73. The van der Waals surface area contributed by atoms with E-state index >= 15 is 0 Å². The van der Waals surface area contributed by atoms with Crippen molar-refractivity contribution >= 4 is 11.9 Å². The number of hydrogen-bond acceptors (Lipinski definition) is 6. The van der Waals surface area contributed by atoms with Gasteiger partial charge in [0.15, 0.2) is 0 Å². The molecule has 0 aliphatic heterocycles. The molecule has 18 heavy (non-hydrogen) atoms. The Hall–Kier alpha value is -1.40. The summed E-state index contributed by atoms with van der Waals surface area (Å²) in [5.41, 5.74) is 0. The molecule has 0 unspecified atom stereocenters. The number of esters is 2. The van der Waals surface area contributed by atoms with Gasteiger partial charge in [0.1, 0.15) is 13.2 Å². The Bertz CT molecular complexity index is 265. The third-order valence-electron chi connectivity index (χ3n) is 1.89. The topological polar surface area (TPSA) is 65.1 Å². The first-order chi connectivity index (χ1) is 8.56. The zero-order valence-electron chi connectivity index (χ0n) is 11.0. The van der Waals surface area contributed by atoms with Gasteiger partial charge in [0.2, 0.25) is 0 Å². The van der Waals surface area contributed by atoms with Crippen molar-refractivity contribution in [3.05, 3.63) is 12.7 Å². The largest absolute Gasteiger partial charge is 0.463 e. The van der Waals surface area contributed by atoms with Gasteiger partial charge in [0.25, 0.3) is 0 Å². The standard InChI is InChI=1S/C12H21NO5/c1-4-11(14)17-9-7-16-8-10-18-12(15)5-6-13(2)3/h4H,1,5-10H2,2-3H3. The minimum atomic E-state index is -0.478. The van der Waals surface area contributed by atoms with Gasteiger partial charge < -0.3 is 19.1 Å². The number of hydrogen-bond donors (Lipinski definition) is 0. The maximum absolute atomic E-state index is 11.2. The Kier molecular flexibility index (Phi) is 9.90. The van der Waals surface area contributed by atoms with Crippen LogP contribution < -0.4 is 0 Å². The molecular weight excluding hydrogens is 238 g/mol. The molecule has 0 aliphatic rings. The number of rotatable bonds is 10. The molecule has 0 atom stereocenters. The maximum atomic E-state index is 11.2. The lowest BCUT2D eigenvalue weighted by Crippen LogP contribution is -2.19. The lowest BCUT2D eigenvalue weighted by molar-refractivity contribution is -0.145. The third kappa shape index (κ3) is 11.1. The van der Waals surface area contributed by atoms with Gasteiger partial charge in [-0.1, -0.05) is 6.58 Å². The van der Waals surface area contributed by atoms with Crippen LogP contribution in [0.25, 0.3) is 0 Å². The van der Waals surface area contributed by atoms with Crippen LogP contribution in [0.15, 0.2) is 12.7 Å². The van der Waals surface area contributed by atoms with Gasteiger partial charge in [-0.05, 0) is 14.1 Å². The van der Waals surface area contributed by atoms with Gasteiger partial charge >= 0.3 is 11.9 Å². The van der Waals surface area contributed by atoms with E-state index in [1.54, 1.807) is 0 Å². The molecule has 6 nitrogen and oxygen atoms in total. The zero-order valence-corrected chi connectivity index (χ0v) is 11.0. The van der Waals surface area contributed by atoms with E-state index < -0.39 is 5.97 Å². The average molecular weight is 259 g/mol. The van der Waals surface area contributed by atoms with Crippen molar-refractivity contribution in [3.8, 4) is 0 Å². The third-order valence-corrected chi connectivity index (χ3v) is 1.89. The second-order valence-electron chi connectivity index (χ2n) is 3.76. The molecule has 0 amide bonds. The molecule has 0 aromatic heterocycles. The second-order valence-corrected chi connectivity index (χ2v) is 3.76. The van der Waals surface area contributed by atoms with Crippen LogP contribution in [0.3, 0.4) is 0 Å². The van der Waals surface area contributed by atoms with E-state index in [1.807, 2.05) is 19.0 Å². The zero-order chi connectivity index (χ0) is 13.8. The van der Waals surface area contributed by atoms with Crippen LogP contribution in [-0.4, -0.2) is 63.9 Å². The average Bonchev–Trinajstić information content (AvgIpc) is 2.34. The van der Waals surface area contributed by atoms with Crippen LogP contribution in [0.5, 0.6) is 0 Å². The van der Waals surface area contributed by atoms with Crippen LogP contribution in [0.4, 0.5) is 0 Å². The smallest absolute Gasteiger partial charge is 0.330 e. The van der Waals surface area contributed by atoms with Crippen molar-refractivity contribution in [1.29, 1.82) is 0 Å². The summed E-state index contributed by atoms with van der Waals surface area (Å²) in [7, 11) is 3.78. The SMILES string of the molecule is C=CC(=O)OCCOCCOC(=O)CCN(C)C. The Morgan fingerprint density at radius 1 is 1.11 bits per heavy atom. The lowest BCUT2D eigenvalue weighted by atomic mass is 10.4. The van der Waals surface area contributed by atoms with E-state index in [1.165, 1.54) is 0 Å². The van der Waals surface area contributed by atoms with Crippen LogP contribution in [0.2, 0.25) is 0 Å². The highest BCUT2D eigenvalue weighted by atomic mass is 16.6. The molecule has 0 bridgehead atoms. The quantitative estimate of drug-likeness (QED) is 0.318. The minimum absolute atomic E-state index is 0.166. The predicted octanol–water partition coefficient (Wildman–Crippen LogP) is 0.227. The van der Waals surface area contributed by atoms with Gasteiger partial charge in [-0.2, -0.15) is 0 Å². The predicted molar refractivity (Wildman–Crippen MR) is 66.1 cm³/mol. The van der Waals surface area contributed by atoms with Crippen molar-refractivity contribution in [2.75, 3.05) is 47.1 Å². The lowest BCUT2D eigenvalue weighted by Gasteiger charge is -2.09. The van der Waals surface area contributed by atoms with Crippen molar-refractivity contribution in [2.45, 2.75) is 6.42 Å². The highest BCUT2D eigenvalue weighted by Crippen LogP contribution is 1.89. The second kappa shape index (κ2) is 10.7. The molecule has 6 heteroatoms. The summed E-state index contributed by atoms with van der Waals surface area (Å²) in [5, 5.41) is 0. The van der Waals surface area contributed by atoms with Crippen LogP contribution >= 0.6 is 0 Å². The fraction of sp³-hybridized carbons (Fsp3) is 0.667. The van der Waals surface area contributed by atoms with Crippen LogP contribution in [0, 0.1) is 0 Å². The number of ether oxygens (including phenoxy) is 3. The van der Waals surface area contributed by atoms with Gasteiger partial charge in [-0.3, -0.25) is 4.79 Å². The summed E-state index contributed by atoms with van der Waals surface area (Å²) in [6, 6.07) is 0. The molecule has 0 N–H and O–H groups in total. The van der Waals surface area contributed by atoms with Gasteiger partial charge in [0, 0.05) is 12.6 Å².